The van der Waals surface area contributed by atoms with E-state index < -0.39 is 233 Å². The van der Waals surface area contributed by atoms with E-state index in [4.69, 9.17) is 56.8 Å². The number of carboxylic acids is 2. The van der Waals surface area contributed by atoms with Crippen LogP contribution in [0.15, 0.2) is 0 Å². The average molecular weight is 1250 g/mol. The van der Waals surface area contributed by atoms with Gasteiger partial charge in [0.1, 0.15) is 134 Å². The largest absolute Gasteiger partial charge is 1.00 e. The van der Waals surface area contributed by atoms with Crippen molar-refractivity contribution >= 4 is 35.7 Å². The molecule has 0 spiro atoms. The van der Waals surface area contributed by atoms with Crippen molar-refractivity contribution in [1.82, 2.24) is 10.6 Å². The summed E-state index contributed by atoms with van der Waals surface area (Å²) in [4.78, 5) is 71.4. The Labute approximate surface area is 518 Å². The second-order valence-corrected chi connectivity index (χ2v) is 19.1. The molecule has 6 fully saturated rings. The summed E-state index contributed by atoms with van der Waals surface area (Å²) >= 11 is 0. The second-order valence-electron chi connectivity index (χ2n) is 19.1. The zero-order chi connectivity index (χ0) is 61.5. The minimum absolute atomic E-state index is 0. The zero-order valence-electron chi connectivity index (χ0n) is 45.5. The smallest absolute Gasteiger partial charge is 0.547 e. The number of carboxylic acid groups (broad SMARTS) is 2. The number of hydrogen-bond acceptors (Lipinski definition) is 36. The summed E-state index contributed by atoms with van der Waals surface area (Å²) in [6, 6.07) is -3.26. The molecule has 84 heavy (non-hydrogen) atoms. The molecule has 0 bridgehead atoms. The molecule has 0 aromatic heterocycles. The first-order valence-electron chi connectivity index (χ1n) is 25.0. The predicted octanol–water partition coefficient (Wildman–Crippen LogP) is -22.2. The molecule has 0 saturated carbocycles. The van der Waals surface area contributed by atoms with Crippen molar-refractivity contribution in [2.75, 3.05) is 26.4 Å². The molecule has 6 saturated heterocycles. The van der Waals surface area contributed by atoms with Crippen LogP contribution in [0.2, 0.25) is 0 Å². The van der Waals surface area contributed by atoms with E-state index in [9.17, 15) is 121 Å². The average Bonchev–Trinajstić information content (AvgIpc) is 3.19. The van der Waals surface area contributed by atoms with Crippen molar-refractivity contribution < 1.29 is 237 Å². The quantitative estimate of drug-likeness (QED) is 0.0448. The Kier molecular flexibility index (Phi) is 30.4. The van der Waals surface area contributed by atoms with Crippen LogP contribution in [0.3, 0.4) is 0 Å². The maximum Gasteiger partial charge on any atom is 1.00 e. The van der Waals surface area contributed by atoms with Gasteiger partial charge in [-0.25, -0.2) is 9.59 Å². The molecule has 0 aromatic rings. The molecule has 6 aliphatic rings. The van der Waals surface area contributed by atoms with Gasteiger partial charge in [0.05, 0.1) is 38.4 Å². The van der Waals surface area contributed by atoms with Gasteiger partial charge in [0.25, 0.3) is 0 Å². The molecule has 6 heterocycles. The predicted molar refractivity (Wildman–Crippen MR) is 241 cm³/mol. The van der Waals surface area contributed by atoms with Gasteiger partial charge >= 0.3 is 71.1 Å². The first kappa shape index (κ1) is 76.0. The van der Waals surface area contributed by atoms with E-state index in [1.165, 1.54) is 13.8 Å². The van der Waals surface area contributed by atoms with E-state index >= 15 is 0 Å². The van der Waals surface area contributed by atoms with Crippen molar-refractivity contribution in [2.24, 2.45) is 0 Å². The number of amides is 2. The number of nitrogens with one attached hydrogen (secondary N) is 2. The van der Waals surface area contributed by atoms with Crippen LogP contribution in [0.1, 0.15) is 27.7 Å². The van der Waals surface area contributed by atoms with E-state index in [1.807, 2.05) is 0 Å². The van der Waals surface area contributed by atoms with Crippen molar-refractivity contribution in [3.8, 4) is 0 Å². The SMILES string of the molecule is CCOC(=O)[C@H]1O[C@@H](O)[C@H](O)[C@@H](O)[C@@H]1O[C@H]1O[C@H](CO)[C@@H](O[C@@H]2O[C@H](C(=O)[O-])[C@@H](O)[C@H](O)[C@H]2O)[C@H](O)[C@H]1NC(C)=O.CCOC(=O)[C@H]1O[C@@H](O)[C@H](O)[C@@H](O)[C@@H]1O[C@H]1O[C@H](CO)[C@@H](O[C@@H]2O[C@H](C(=O)[O-])[C@@H](O)[C@H](O)[C@H]2O)[C@H](O)[C@H]1NC(C)=O.[Na+].[Na+]. The molecule has 38 nitrogen and oxygen atoms in total. The number of hydrogen-bond donors (Lipinski definition) is 18. The van der Waals surface area contributed by atoms with Gasteiger partial charge in [-0.05, 0) is 13.8 Å². The zero-order valence-corrected chi connectivity index (χ0v) is 49.5. The van der Waals surface area contributed by atoms with Gasteiger partial charge < -0.3 is 169 Å². The van der Waals surface area contributed by atoms with Crippen LogP contribution in [0.5, 0.6) is 0 Å². The Balaban J connectivity index is 0.000000430. The number of aliphatic hydroxyl groups excluding tert-OH is 16. The second kappa shape index (κ2) is 33.6. The Morgan fingerprint density at radius 1 is 0.393 bits per heavy atom. The Hall–Kier alpha value is -2.22. The number of carbonyl (C=O) groups excluding carboxylic acids is 6. The van der Waals surface area contributed by atoms with Crippen molar-refractivity contribution in [1.29, 1.82) is 0 Å². The van der Waals surface area contributed by atoms with E-state index in [1.54, 1.807) is 0 Å². The number of aliphatic carboxylic acids is 2. The van der Waals surface area contributed by atoms with Crippen LogP contribution in [-0.4, -0.2) is 328 Å². The summed E-state index contributed by atoms with van der Waals surface area (Å²) < 4.78 is 63.2. The Bertz CT molecular complexity index is 2000. The molecule has 6 rings (SSSR count). The molecule has 6 aliphatic heterocycles. The first-order valence-corrected chi connectivity index (χ1v) is 25.0. The molecule has 2 amide bonds. The Morgan fingerprint density at radius 3 is 0.976 bits per heavy atom. The van der Waals surface area contributed by atoms with Gasteiger partial charge in [0, 0.05) is 13.8 Å². The fraction of sp³-hybridized carbons (Fsp3) is 0.864. The fourth-order valence-corrected chi connectivity index (χ4v) is 9.24. The molecule has 472 valence electrons. The molecule has 0 radical (unpaired) electrons. The molecular weight excluding hydrogens is 1180 g/mol. The summed E-state index contributed by atoms with van der Waals surface area (Å²) in [6.45, 7) is 2.82. The maximum absolute atomic E-state index is 12.4. The standard InChI is InChI=1S/2C22H35NO18.2Na/c2*1-3-36-20(35)17-15(11(29)12(30)19(34)38-17)40-21-7(23-5(2)25)8(26)14(6(4-24)37-21)39-22-13(31)9(27)10(28)16(41-22)18(32)33;;/h2*6-17,19,21-22,24,26-31,34H,3-4H2,1-2H3,(H,23,25)(H,32,33);;/q;;2*+1/p-2/t2*6-,7-,8-,9+,10+,11-,12-,13-,14-,15+,16+,17+,19-,21-,22-;;/m11../s1. The number of ether oxygens (including phenoxy) is 12. The summed E-state index contributed by atoms with van der Waals surface area (Å²) in [6.07, 6.45) is -54.3. The van der Waals surface area contributed by atoms with E-state index in [-0.39, 0.29) is 72.3 Å². The number of aliphatic hydroxyl groups is 16. The summed E-state index contributed by atoms with van der Waals surface area (Å²) in [5, 5.41) is 191. The van der Waals surface area contributed by atoms with Crippen LogP contribution in [0, 0.1) is 0 Å². The van der Waals surface area contributed by atoms with Crippen LogP contribution in [0.25, 0.3) is 0 Å². The van der Waals surface area contributed by atoms with Crippen molar-refractivity contribution in [2.45, 2.75) is 212 Å². The minimum atomic E-state index is -2.16. The van der Waals surface area contributed by atoms with Gasteiger partial charge in [0.15, 0.2) is 49.9 Å². The molecule has 40 heteroatoms. The van der Waals surface area contributed by atoms with Gasteiger partial charge in [0.2, 0.25) is 11.8 Å². The molecule has 0 unspecified atom stereocenters. The molecule has 18 N–H and O–H groups in total. The van der Waals surface area contributed by atoms with Crippen LogP contribution < -0.4 is 80.0 Å². The van der Waals surface area contributed by atoms with E-state index in [2.05, 4.69) is 10.6 Å². The van der Waals surface area contributed by atoms with E-state index in [0.717, 1.165) is 13.8 Å². The number of carbonyl (C=O) groups is 6. The van der Waals surface area contributed by atoms with Gasteiger partial charge in [-0.2, -0.15) is 0 Å². The van der Waals surface area contributed by atoms with Crippen molar-refractivity contribution in [3.05, 3.63) is 0 Å². The number of rotatable bonds is 18. The maximum atomic E-state index is 12.4. The van der Waals surface area contributed by atoms with Gasteiger partial charge in [-0.1, -0.05) is 0 Å². The summed E-state index contributed by atoms with van der Waals surface area (Å²) in [5.74, 6) is -7.68. The molecule has 30 atom stereocenters. The molecule has 0 aromatic carbocycles. The van der Waals surface area contributed by atoms with Crippen LogP contribution >= 0.6 is 0 Å². The topological polar surface area (TPSA) is 607 Å². The third-order valence-electron chi connectivity index (χ3n) is 13.4. The van der Waals surface area contributed by atoms with Crippen molar-refractivity contribution in [3.63, 3.8) is 0 Å². The fourth-order valence-electron chi connectivity index (χ4n) is 9.24. The third kappa shape index (κ3) is 17.6. The Morgan fingerprint density at radius 2 is 0.702 bits per heavy atom. The van der Waals surface area contributed by atoms with Crippen LogP contribution in [0.4, 0.5) is 0 Å². The number of esters is 2. The minimum Gasteiger partial charge on any atom is -0.547 e. The summed E-state index contributed by atoms with van der Waals surface area (Å²) in [5.41, 5.74) is 0. The third-order valence-corrected chi connectivity index (χ3v) is 13.4. The van der Waals surface area contributed by atoms with Crippen LogP contribution in [-0.2, 0) is 85.6 Å². The monoisotopic (exact) mass is 1250 g/mol. The van der Waals surface area contributed by atoms with Gasteiger partial charge in [-0.15, -0.1) is 0 Å². The van der Waals surface area contributed by atoms with Gasteiger partial charge in [-0.3, -0.25) is 9.59 Å². The summed E-state index contributed by atoms with van der Waals surface area (Å²) in [7, 11) is 0. The molecular formula is C44H68N2Na2O36. The first-order chi connectivity index (χ1) is 38.4. The molecule has 0 aliphatic carbocycles. The normalized spacial score (nSPS) is 44.0. The van der Waals surface area contributed by atoms with E-state index in [0.29, 0.717) is 0 Å².